The molecule has 0 atom stereocenters. The predicted molar refractivity (Wildman–Crippen MR) is 96.9 cm³/mol. The lowest BCUT2D eigenvalue weighted by molar-refractivity contribution is 0.0701. The molecule has 1 saturated carbocycles. The summed E-state index contributed by atoms with van der Waals surface area (Å²) in [4.78, 5) is 17.8. The summed E-state index contributed by atoms with van der Waals surface area (Å²) in [6.07, 6.45) is 6.04. The summed E-state index contributed by atoms with van der Waals surface area (Å²) >= 11 is 1.37. The molecule has 24 heavy (non-hydrogen) atoms. The molecule has 0 saturated heterocycles. The Labute approximate surface area is 144 Å². The fraction of sp³-hybridized carbons (Fsp3) is 0.368. The zero-order valence-electron chi connectivity index (χ0n) is 13.7. The number of hydrogen-bond donors (Lipinski definition) is 1. The number of aryl methyl sites for hydroxylation is 1. The van der Waals surface area contributed by atoms with Gasteiger partial charge in [0.2, 0.25) is 0 Å². The van der Waals surface area contributed by atoms with Gasteiger partial charge in [0.1, 0.15) is 21.0 Å². The molecular formula is C19H20N2O2S. The first-order valence-corrected chi connectivity index (χ1v) is 9.28. The zero-order valence-corrected chi connectivity index (χ0v) is 14.5. The summed E-state index contributed by atoms with van der Waals surface area (Å²) < 4.78 is 2.31. The number of fused-ring (bicyclic) bond motifs is 1. The van der Waals surface area contributed by atoms with Gasteiger partial charge in [0, 0.05) is 17.2 Å². The van der Waals surface area contributed by atoms with Crippen molar-refractivity contribution in [1.82, 2.24) is 9.55 Å². The number of hydrogen-bond acceptors (Lipinski definition) is 3. The van der Waals surface area contributed by atoms with E-state index in [1.165, 1.54) is 30.6 Å². The highest BCUT2D eigenvalue weighted by atomic mass is 32.1. The van der Waals surface area contributed by atoms with E-state index < -0.39 is 5.97 Å². The number of thiophene rings is 1. The van der Waals surface area contributed by atoms with E-state index in [-0.39, 0.29) is 0 Å². The number of aromatic carboxylic acids is 1. The third-order valence-corrected chi connectivity index (χ3v) is 6.20. The van der Waals surface area contributed by atoms with Gasteiger partial charge in [-0.05, 0) is 19.8 Å². The number of imidazole rings is 1. The van der Waals surface area contributed by atoms with E-state index in [9.17, 15) is 9.90 Å². The number of benzene rings is 1. The second kappa shape index (κ2) is 6.06. The van der Waals surface area contributed by atoms with Crippen LogP contribution in [0.5, 0.6) is 0 Å². The molecule has 1 aliphatic carbocycles. The molecule has 0 aliphatic heterocycles. The van der Waals surface area contributed by atoms with Gasteiger partial charge in [-0.2, -0.15) is 0 Å². The normalized spacial score (nSPS) is 15.9. The molecule has 1 fully saturated rings. The number of carboxylic acid groups (broad SMARTS) is 1. The Balaban J connectivity index is 1.96. The van der Waals surface area contributed by atoms with Gasteiger partial charge in [-0.15, -0.1) is 11.3 Å². The number of carboxylic acids is 1. The van der Waals surface area contributed by atoms with Crippen molar-refractivity contribution in [2.75, 3.05) is 0 Å². The summed E-state index contributed by atoms with van der Waals surface area (Å²) in [5, 5.41) is 9.45. The van der Waals surface area contributed by atoms with Crippen LogP contribution in [0.4, 0.5) is 0 Å². The maximum absolute atomic E-state index is 11.5. The molecule has 4 rings (SSSR count). The van der Waals surface area contributed by atoms with Gasteiger partial charge >= 0.3 is 5.97 Å². The van der Waals surface area contributed by atoms with Crippen LogP contribution in [0, 0.1) is 6.92 Å². The Bertz CT molecular complexity index is 889. The quantitative estimate of drug-likeness (QED) is 0.706. The molecule has 2 aromatic heterocycles. The van der Waals surface area contributed by atoms with Crippen molar-refractivity contribution in [1.29, 1.82) is 0 Å². The van der Waals surface area contributed by atoms with Gasteiger partial charge in [-0.3, -0.25) is 0 Å². The minimum Gasteiger partial charge on any atom is -0.477 e. The smallest absolute Gasteiger partial charge is 0.346 e. The third kappa shape index (κ3) is 2.44. The topological polar surface area (TPSA) is 55.1 Å². The summed E-state index contributed by atoms with van der Waals surface area (Å²) in [6, 6.07) is 10.6. The predicted octanol–water partition coefficient (Wildman–Crippen LogP) is 5.28. The van der Waals surface area contributed by atoms with Crippen LogP contribution in [0.25, 0.3) is 21.7 Å². The molecule has 3 aromatic rings. The van der Waals surface area contributed by atoms with Crippen LogP contribution in [-0.4, -0.2) is 20.6 Å². The lowest BCUT2D eigenvalue weighted by Crippen LogP contribution is -2.13. The Morgan fingerprint density at radius 3 is 2.58 bits per heavy atom. The fourth-order valence-electron chi connectivity index (χ4n) is 3.71. The van der Waals surface area contributed by atoms with Crippen molar-refractivity contribution >= 4 is 27.7 Å². The Kier molecular flexibility index (Phi) is 3.88. The second-order valence-electron chi connectivity index (χ2n) is 6.48. The maximum Gasteiger partial charge on any atom is 0.346 e. The molecule has 0 unspecified atom stereocenters. The van der Waals surface area contributed by atoms with Crippen molar-refractivity contribution in [3.63, 3.8) is 0 Å². The van der Waals surface area contributed by atoms with E-state index in [0.717, 1.165) is 40.1 Å². The van der Waals surface area contributed by atoms with Gasteiger partial charge in [-0.25, -0.2) is 9.78 Å². The second-order valence-corrected chi connectivity index (χ2v) is 7.48. The Morgan fingerprint density at radius 2 is 1.92 bits per heavy atom. The molecule has 2 heterocycles. The van der Waals surface area contributed by atoms with E-state index in [2.05, 4.69) is 16.7 Å². The minimum absolute atomic E-state index is 0.414. The van der Waals surface area contributed by atoms with Crippen LogP contribution in [0.15, 0.2) is 30.3 Å². The maximum atomic E-state index is 11.5. The largest absolute Gasteiger partial charge is 0.477 e. The average molecular weight is 340 g/mol. The monoisotopic (exact) mass is 340 g/mol. The van der Waals surface area contributed by atoms with Gasteiger partial charge in [0.05, 0.1) is 0 Å². The molecule has 124 valence electrons. The van der Waals surface area contributed by atoms with Crippen LogP contribution in [0.3, 0.4) is 0 Å². The van der Waals surface area contributed by atoms with Crippen LogP contribution in [0.2, 0.25) is 0 Å². The molecule has 5 heteroatoms. The lowest BCUT2D eigenvalue weighted by Gasteiger charge is -2.25. The van der Waals surface area contributed by atoms with Crippen LogP contribution in [0.1, 0.15) is 53.4 Å². The van der Waals surface area contributed by atoms with E-state index in [1.54, 1.807) is 0 Å². The van der Waals surface area contributed by atoms with Crippen molar-refractivity contribution in [3.8, 4) is 11.4 Å². The highest BCUT2D eigenvalue weighted by Gasteiger charge is 2.26. The summed E-state index contributed by atoms with van der Waals surface area (Å²) in [7, 11) is 0. The molecule has 1 aromatic carbocycles. The van der Waals surface area contributed by atoms with Crippen molar-refractivity contribution in [2.24, 2.45) is 0 Å². The van der Waals surface area contributed by atoms with Crippen molar-refractivity contribution < 1.29 is 9.90 Å². The van der Waals surface area contributed by atoms with E-state index in [4.69, 9.17) is 4.98 Å². The van der Waals surface area contributed by atoms with Gasteiger partial charge in [-0.1, -0.05) is 49.6 Å². The zero-order chi connectivity index (χ0) is 16.7. The van der Waals surface area contributed by atoms with Gasteiger partial charge in [0.25, 0.3) is 0 Å². The molecule has 0 spiro atoms. The number of rotatable bonds is 3. The lowest BCUT2D eigenvalue weighted by atomic mass is 9.95. The molecular weight excluding hydrogens is 320 g/mol. The van der Waals surface area contributed by atoms with E-state index in [1.807, 2.05) is 25.1 Å². The van der Waals surface area contributed by atoms with Crippen LogP contribution in [-0.2, 0) is 0 Å². The summed E-state index contributed by atoms with van der Waals surface area (Å²) in [5.74, 6) is 0.121. The van der Waals surface area contributed by atoms with E-state index in [0.29, 0.717) is 10.9 Å². The average Bonchev–Trinajstić information content (AvgIpc) is 3.14. The standard InChI is InChI=1S/C19H20N2O2S/c1-12-15-18(24-16(12)19(22)23)21(14-10-6-3-7-11-14)17(20-15)13-8-4-2-5-9-13/h2,4-5,8-9,14H,3,6-7,10-11H2,1H3,(H,22,23). The minimum atomic E-state index is -0.855. The first-order valence-electron chi connectivity index (χ1n) is 8.47. The molecule has 0 amide bonds. The first-order chi connectivity index (χ1) is 11.7. The van der Waals surface area contributed by atoms with Crippen molar-refractivity contribution in [3.05, 3.63) is 40.8 Å². The number of nitrogens with zero attached hydrogens (tertiary/aromatic N) is 2. The van der Waals surface area contributed by atoms with Crippen molar-refractivity contribution in [2.45, 2.75) is 45.1 Å². The molecule has 0 radical (unpaired) electrons. The summed E-state index contributed by atoms with van der Waals surface area (Å²) in [5.41, 5.74) is 2.74. The number of aromatic nitrogens is 2. The highest BCUT2D eigenvalue weighted by Crippen LogP contribution is 2.40. The molecule has 4 nitrogen and oxygen atoms in total. The highest BCUT2D eigenvalue weighted by molar-refractivity contribution is 7.20. The molecule has 1 N–H and O–H groups in total. The van der Waals surface area contributed by atoms with Gasteiger partial charge < -0.3 is 9.67 Å². The van der Waals surface area contributed by atoms with Gasteiger partial charge in [0.15, 0.2) is 0 Å². The fourth-order valence-corrected chi connectivity index (χ4v) is 4.87. The third-order valence-electron chi connectivity index (χ3n) is 4.93. The first kappa shape index (κ1) is 15.4. The summed E-state index contributed by atoms with van der Waals surface area (Å²) in [6.45, 7) is 1.87. The molecule has 0 bridgehead atoms. The SMILES string of the molecule is Cc1c(C(=O)O)sc2c1nc(-c1ccccc1)n2C1CCCCC1. The molecule has 1 aliphatic rings. The Morgan fingerprint density at radius 1 is 1.21 bits per heavy atom. The Hall–Kier alpha value is -2.14. The van der Waals surface area contributed by atoms with E-state index >= 15 is 0 Å². The van der Waals surface area contributed by atoms with Crippen LogP contribution >= 0.6 is 11.3 Å². The van der Waals surface area contributed by atoms with Crippen LogP contribution < -0.4 is 0 Å². The number of carbonyl (C=O) groups is 1.